The molecule has 0 aromatic carbocycles. The van der Waals surface area contributed by atoms with Crippen molar-refractivity contribution in [3.05, 3.63) is 11.8 Å². The van der Waals surface area contributed by atoms with Gasteiger partial charge in [-0.15, -0.1) is 10.2 Å². The summed E-state index contributed by atoms with van der Waals surface area (Å²) in [5.74, 6) is 1.93. The predicted octanol–water partition coefficient (Wildman–Crippen LogP) is 0.793. The van der Waals surface area contributed by atoms with Crippen LogP contribution < -0.4 is 5.32 Å². The summed E-state index contributed by atoms with van der Waals surface area (Å²) in [5, 5.41) is 11.6. The number of nitrogens with one attached hydrogen (secondary N) is 1. The molecule has 7 nitrogen and oxygen atoms in total. The van der Waals surface area contributed by atoms with Crippen molar-refractivity contribution in [2.24, 2.45) is 5.92 Å². The fraction of sp³-hybridized carbons (Fsp3) is 0.786. The molecule has 7 heteroatoms. The van der Waals surface area contributed by atoms with Crippen LogP contribution in [-0.2, 0) is 6.42 Å². The van der Waals surface area contributed by atoms with Gasteiger partial charge in [0.2, 0.25) is 11.8 Å². The molecule has 4 rings (SSSR count). The van der Waals surface area contributed by atoms with Crippen LogP contribution in [0.15, 0.2) is 4.42 Å². The molecule has 2 atom stereocenters. The van der Waals surface area contributed by atoms with Gasteiger partial charge in [0.1, 0.15) is 6.04 Å². The second-order valence-electron chi connectivity index (χ2n) is 6.23. The number of likely N-dealkylation sites (N-methyl/N-ethyl adjacent to an activating group) is 1. The summed E-state index contributed by atoms with van der Waals surface area (Å²) < 4.78 is 5.83. The molecule has 3 aliphatic rings. The molecule has 3 fully saturated rings. The number of fused-ring (bicyclic) bond motifs is 2. The van der Waals surface area contributed by atoms with Crippen LogP contribution in [0.1, 0.15) is 37.6 Å². The molecule has 0 spiro atoms. The number of rotatable bonds is 4. The Balaban J connectivity index is 1.50. The van der Waals surface area contributed by atoms with Crippen LogP contribution in [0, 0.1) is 5.92 Å². The summed E-state index contributed by atoms with van der Waals surface area (Å²) >= 11 is 0. The van der Waals surface area contributed by atoms with E-state index >= 15 is 0 Å². The number of hydrogen-bond acceptors (Lipinski definition) is 5. The molecule has 1 N–H and O–H groups in total. The van der Waals surface area contributed by atoms with Crippen molar-refractivity contribution in [3.8, 4) is 0 Å². The number of piperidine rings is 1. The summed E-state index contributed by atoms with van der Waals surface area (Å²) in [7, 11) is 0. The largest absolute Gasteiger partial charge is 0.423 e. The van der Waals surface area contributed by atoms with Crippen molar-refractivity contribution < 1.29 is 9.21 Å². The normalized spacial score (nSPS) is 29.1. The molecule has 3 aliphatic heterocycles. The van der Waals surface area contributed by atoms with Crippen molar-refractivity contribution in [3.63, 3.8) is 0 Å². The molecular weight excluding hydrogens is 270 g/mol. The maximum absolute atomic E-state index is 12.4. The third kappa shape index (κ3) is 2.10. The van der Waals surface area contributed by atoms with Gasteiger partial charge >= 0.3 is 6.03 Å². The lowest BCUT2D eigenvalue weighted by Crippen LogP contribution is -2.43. The predicted molar refractivity (Wildman–Crippen MR) is 74.6 cm³/mol. The minimum absolute atomic E-state index is 0.0361. The first-order valence-corrected chi connectivity index (χ1v) is 7.86. The smallest absolute Gasteiger partial charge is 0.321 e. The van der Waals surface area contributed by atoms with Crippen LogP contribution in [0.5, 0.6) is 0 Å². The van der Waals surface area contributed by atoms with Gasteiger partial charge in [0.05, 0.1) is 6.04 Å². The lowest BCUT2D eigenvalue weighted by Gasteiger charge is -2.28. The molecule has 1 aromatic rings. The standard InChI is InChI=1S/C14H21N5O2/c1-2-18-10-3-4-11(19(8-10)14(18)20)13-17-16-12(21-13)5-9-6-15-7-9/h9-11,15H,2-8H2,1H3/t10-,11+/m1/s1. The molecule has 0 radical (unpaired) electrons. The Morgan fingerprint density at radius 1 is 1.33 bits per heavy atom. The maximum atomic E-state index is 12.4. The van der Waals surface area contributed by atoms with Crippen molar-refractivity contribution in [1.82, 2.24) is 25.3 Å². The van der Waals surface area contributed by atoms with Crippen molar-refractivity contribution in [2.75, 3.05) is 26.2 Å². The van der Waals surface area contributed by atoms with Gasteiger partial charge in [0.15, 0.2) is 0 Å². The number of urea groups is 1. The molecule has 0 unspecified atom stereocenters. The molecule has 114 valence electrons. The monoisotopic (exact) mass is 291 g/mol. The Morgan fingerprint density at radius 3 is 2.90 bits per heavy atom. The summed E-state index contributed by atoms with van der Waals surface area (Å²) in [5.41, 5.74) is 0. The van der Waals surface area contributed by atoms with Gasteiger partial charge in [-0.25, -0.2) is 4.79 Å². The van der Waals surface area contributed by atoms with Crippen molar-refractivity contribution in [2.45, 2.75) is 38.3 Å². The molecule has 0 saturated carbocycles. The van der Waals surface area contributed by atoms with Gasteiger partial charge < -0.3 is 19.5 Å². The van der Waals surface area contributed by atoms with E-state index < -0.39 is 0 Å². The lowest BCUT2D eigenvalue weighted by atomic mass is 9.99. The number of nitrogens with zero attached hydrogens (tertiary/aromatic N) is 4. The first kappa shape index (κ1) is 13.1. The van der Waals surface area contributed by atoms with E-state index in [1.54, 1.807) is 0 Å². The Labute approximate surface area is 123 Å². The molecule has 3 saturated heterocycles. The average molecular weight is 291 g/mol. The average Bonchev–Trinajstić information content (AvgIpc) is 3.00. The van der Waals surface area contributed by atoms with E-state index in [2.05, 4.69) is 15.5 Å². The van der Waals surface area contributed by atoms with E-state index in [4.69, 9.17) is 4.42 Å². The SMILES string of the molecule is CCN1C(=O)N2C[C@H]1CC[C@H]2c1nnc(CC2CNC2)o1. The molecule has 4 heterocycles. The fourth-order valence-corrected chi connectivity index (χ4v) is 3.61. The second kappa shape index (κ2) is 4.98. The van der Waals surface area contributed by atoms with E-state index in [0.717, 1.165) is 45.4 Å². The molecule has 2 bridgehead atoms. The Kier molecular flexibility index (Phi) is 3.10. The topological polar surface area (TPSA) is 74.5 Å². The van der Waals surface area contributed by atoms with Gasteiger partial charge in [-0.1, -0.05) is 0 Å². The number of amides is 2. The fourth-order valence-electron chi connectivity index (χ4n) is 3.61. The molecule has 1 aromatic heterocycles. The summed E-state index contributed by atoms with van der Waals surface area (Å²) in [6.45, 7) is 5.65. The number of carbonyl (C=O) groups excluding carboxylic acids is 1. The van der Waals surface area contributed by atoms with Crippen LogP contribution in [0.25, 0.3) is 0 Å². The highest BCUT2D eigenvalue weighted by Gasteiger charge is 2.45. The van der Waals surface area contributed by atoms with Crippen LogP contribution in [-0.4, -0.2) is 58.2 Å². The van der Waals surface area contributed by atoms with E-state index in [-0.39, 0.29) is 12.1 Å². The highest BCUT2D eigenvalue weighted by atomic mass is 16.4. The van der Waals surface area contributed by atoms with E-state index in [1.807, 2.05) is 16.7 Å². The highest BCUT2D eigenvalue weighted by Crippen LogP contribution is 2.37. The maximum Gasteiger partial charge on any atom is 0.321 e. The minimum Gasteiger partial charge on any atom is -0.423 e. The zero-order valence-electron chi connectivity index (χ0n) is 12.3. The molecule has 0 aliphatic carbocycles. The van der Waals surface area contributed by atoms with Gasteiger partial charge in [-0.2, -0.15) is 0 Å². The van der Waals surface area contributed by atoms with Gasteiger partial charge in [-0.05, 0) is 38.8 Å². The molecule has 21 heavy (non-hydrogen) atoms. The summed E-state index contributed by atoms with van der Waals surface area (Å²) in [4.78, 5) is 16.3. The van der Waals surface area contributed by atoms with E-state index in [1.165, 1.54) is 0 Å². The Bertz CT molecular complexity index is 541. The van der Waals surface area contributed by atoms with Gasteiger partial charge in [0.25, 0.3) is 0 Å². The minimum atomic E-state index is -0.0361. The van der Waals surface area contributed by atoms with Crippen LogP contribution in [0.2, 0.25) is 0 Å². The van der Waals surface area contributed by atoms with Crippen LogP contribution >= 0.6 is 0 Å². The van der Waals surface area contributed by atoms with Crippen molar-refractivity contribution in [1.29, 1.82) is 0 Å². The summed E-state index contributed by atoms with van der Waals surface area (Å²) in [6.07, 6.45) is 2.77. The number of hydrogen-bond donors (Lipinski definition) is 1. The highest BCUT2D eigenvalue weighted by molar-refractivity contribution is 5.78. The first-order chi connectivity index (χ1) is 10.3. The lowest BCUT2D eigenvalue weighted by molar-refractivity contribution is 0.164. The zero-order valence-corrected chi connectivity index (χ0v) is 12.3. The Morgan fingerprint density at radius 2 is 2.19 bits per heavy atom. The van der Waals surface area contributed by atoms with Crippen LogP contribution in [0.4, 0.5) is 4.79 Å². The zero-order chi connectivity index (χ0) is 14.4. The van der Waals surface area contributed by atoms with Crippen molar-refractivity contribution >= 4 is 6.03 Å². The third-order valence-electron chi connectivity index (χ3n) is 4.93. The quantitative estimate of drug-likeness (QED) is 0.888. The van der Waals surface area contributed by atoms with Gasteiger partial charge in [-0.3, -0.25) is 0 Å². The van der Waals surface area contributed by atoms with Gasteiger partial charge in [0, 0.05) is 19.5 Å². The van der Waals surface area contributed by atoms with E-state index in [9.17, 15) is 4.79 Å². The molecule has 2 amide bonds. The van der Waals surface area contributed by atoms with Crippen LogP contribution in [0.3, 0.4) is 0 Å². The number of carbonyl (C=O) groups is 1. The summed E-state index contributed by atoms with van der Waals surface area (Å²) in [6, 6.07) is 0.446. The first-order valence-electron chi connectivity index (χ1n) is 7.86. The van der Waals surface area contributed by atoms with E-state index in [0.29, 0.717) is 23.7 Å². The third-order valence-corrected chi connectivity index (χ3v) is 4.93. The molecular formula is C14H21N5O2. The number of aromatic nitrogens is 2. The second-order valence-corrected chi connectivity index (χ2v) is 6.23. The Hall–Kier alpha value is -1.63.